The molecule has 0 unspecified atom stereocenters. The van der Waals surface area contributed by atoms with E-state index in [1.807, 2.05) is 0 Å². The summed E-state index contributed by atoms with van der Waals surface area (Å²) in [6.45, 7) is 1.64. The van der Waals surface area contributed by atoms with Crippen molar-refractivity contribution in [3.05, 3.63) is 47.5 Å². The normalized spacial score (nSPS) is 14.2. The predicted molar refractivity (Wildman–Crippen MR) is 87.4 cm³/mol. The number of ether oxygens (including phenoxy) is 1. The van der Waals surface area contributed by atoms with Gasteiger partial charge in [-0.25, -0.2) is 14.8 Å². The molecule has 0 saturated carbocycles. The van der Waals surface area contributed by atoms with E-state index in [9.17, 15) is 9.90 Å². The van der Waals surface area contributed by atoms with E-state index in [1.165, 1.54) is 12.5 Å². The smallest absolute Gasteiger partial charge is 0.337 e. The third-order valence-corrected chi connectivity index (χ3v) is 4.17. The molecule has 7 heteroatoms. The van der Waals surface area contributed by atoms with Gasteiger partial charge in [-0.1, -0.05) is 0 Å². The first-order valence-corrected chi connectivity index (χ1v) is 7.78. The molecule has 1 aromatic carbocycles. The lowest BCUT2D eigenvalue weighted by Crippen LogP contribution is -2.13. The number of carbonyl (C=O) groups is 1. The molecule has 2 aromatic heterocycles. The zero-order chi connectivity index (χ0) is 16.5. The minimum absolute atomic E-state index is 0.223. The average Bonchev–Trinajstić information content (AvgIpc) is 2.84. The minimum atomic E-state index is -0.972. The Bertz CT molecular complexity index is 919. The number of benzene rings is 1. The molecule has 1 aliphatic rings. The van der Waals surface area contributed by atoms with Crippen LogP contribution in [-0.4, -0.2) is 32.6 Å². The average molecular weight is 324 g/mol. The summed E-state index contributed by atoms with van der Waals surface area (Å²) in [6.07, 6.45) is 4.83. The van der Waals surface area contributed by atoms with Crippen molar-refractivity contribution in [1.82, 2.24) is 20.3 Å². The van der Waals surface area contributed by atoms with Crippen LogP contribution in [-0.2, 0) is 13.0 Å². The second-order valence-corrected chi connectivity index (χ2v) is 5.70. The van der Waals surface area contributed by atoms with Crippen molar-refractivity contribution in [3.8, 4) is 11.6 Å². The molecular formula is C17H16N4O3. The molecule has 4 rings (SSSR count). The predicted octanol–water partition coefficient (Wildman–Crippen LogP) is 2.48. The number of carboxylic acid groups (broad SMARTS) is 1. The fraction of sp³-hybridized carbons (Fsp3) is 0.235. The number of hydrogen-bond acceptors (Lipinski definition) is 5. The number of aromatic nitrogens is 3. The molecule has 0 radical (unpaired) electrons. The van der Waals surface area contributed by atoms with E-state index >= 15 is 0 Å². The van der Waals surface area contributed by atoms with Crippen molar-refractivity contribution in [2.75, 3.05) is 6.54 Å². The Kier molecular flexibility index (Phi) is 3.62. The molecule has 0 fully saturated rings. The van der Waals surface area contributed by atoms with Crippen molar-refractivity contribution < 1.29 is 14.6 Å². The highest BCUT2D eigenvalue weighted by Gasteiger charge is 2.17. The molecule has 0 bridgehead atoms. The Morgan fingerprint density at radius 2 is 2.21 bits per heavy atom. The molecular weight excluding hydrogens is 308 g/mol. The number of fused-ring (bicyclic) bond motifs is 2. The molecule has 1 aliphatic heterocycles. The van der Waals surface area contributed by atoms with Gasteiger partial charge in [-0.2, -0.15) is 0 Å². The van der Waals surface area contributed by atoms with Gasteiger partial charge >= 0.3 is 5.97 Å². The van der Waals surface area contributed by atoms with Crippen LogP contribution in [0.3, 0.4) is 0 Å². The standard InChI is InChI=1S/C17H16N4O3/c22-17(23)13-7-19-14-4-3-10(6-12(13)14)24-16-11-2-1-5-18-8-15(11)20-9-21-16/h3-4,6-7,9,18-19H,1-2,5,8H2,(H,22,23). The molecule has 7 nitrogen and oxygen atoms in total. The largest absolute Gasteiger partial charge is 0.478 e. The summed E-state index contributed by atoms with van der Waals surface area (Å²) in [5.41, 5.74) is 2.94. The third kappa shape index (κ3) is 2.59. The SMILES string of the molecule is O=C(O)c1c[nH]c2ccc(Oc3ncnc4c3CCCNC4)cc12. The van der Waals surface area contributed by atoms with Crippen LogP contribution in [0.5, 0.6) is 11.6 Å². The van der Waals surface area contributed by atoms with Gasteiger partial charge in [0.05, 0.1) is 11.3 Å². The maximum Gasteiger partial charge on any atom is 0.337 e. The maximum absolute atomic E-state index is 11.3. The van der Waals surface area contributed by atoms with Crippen molar-refractivity contribution in [2.45, 2.75) is 19.4 Å². The molecule has 0 amide bonds. The van der Waals surface area contributed by atoms with Crippen molar-refractivity contribution >= 4 is 16.9 Å². The number of aromatic carboxylic acids is 1. The van der Waals surface area contributed by atoms with E-state index in [2.05, 4.69) is 20.3 Å². The summed E-state index contributed by atoms with van der Waals surface area (Å²) >= 11 is 0. The quantitative estimate of drug-likeness (QED) is 0.684. The topological polar surface area (TPSA) is 100 Å². The van der Waals surface area contributed by atoms with Gasteiger partial charge < -0.3 is 20.1 Å². The summed E-state index contributed by atoms with van der Waals surface area (Å²) in [5, 5.41) is 13.2. The number of nitrogens with one attached hydrogen (secondary N) is 2. The Morgan fingerprint density at radius 1 is 1.29 bits per heavy atom. The highest BCUT2D eigenvalue weighted by molar-refractivity contribution is 6.03. The van der Waals surface area contributed by atoms with Crippen molar-refractivity contribution in [2.24, 2.45) is 0 Å². The van der Waals surface area contributed by atoms with Gasteiger partial charge in [-0.05, 0) is 37.6 Å². The van der Waals surface area contributed by atoms with E-state index in [4.69, 9.17) is 4.74 Å². The van der Waals surface area contributed by atoms with Crippen LogP contribution in [0.15, 0.2) is 30.7 Å². The first-order valence-electron chi connectivity index (χ1n) is 7.78. The van der Waals surface area contributed by atoms with Gasteiger partial charge in [0, 0.05) is 29.2 Å². The van der Waals surface area contributed by atoms with Gasteiger partial charge in [0.2, 0.25) is 5.88 Å². The molecule has 0 spiro atoms. The zero-order valence-electron chi connectivity index (χ0n) is 12.9. The monoisotopic (exact) mass is 324 g/mol. The second kappa shape index (κ2) is 5.93. The lowest BCUT2D eigenvalue weighted by atomic mass is 10.1. The van der Waals surface area contributed by atoms with E-state index in [1.54, 1.807) is 18.2 Å². The van der Waals surface area contributed by atoms with Crippen LogP contribution in [0.2, 0.25) is 0 Å². The van der Waals surface area contributed by atoms with Crippen LogP contribution in [0.4, 0.5) is 0 Å². The number of nitrogens with zero attached hydrogens (tertiary/aromatic N) is 2. The summed E-state index contributed by atoms with van der Waals surface area (Å²) in [4.78, 5) is 22.8. The Labute approximate surface area is 137 Å². The maximum atomic E-state index is 11.3. The summed E-state index contributed by atoms with van der Waals surface area (Å²) in [7, 11) is 0. The molecule has 3 aromatic rings. The first kappa shape index (κ1) is 14.6. The highest BCUT2D eigenvalue weighted by Crippen LogP contribution is 2.30. The summed E-state index contributed by atoms with van der Waals surface area (Å²) in [5.74, 6) is 0.124. The Morgan fingerprint density at radius 3 is 3.08 bits per heavy atom. The fourth-order valence-electron chi connectivity index (χ4n) is 2.97. The van der Waals surface area contributed by atoms with E-state index < -0.39 is 5.97 Å². The van der Waals surface area contributed by atoms with Gasteiger partial charge in [-0.3, -0.25) is 0 Å². The molecule has 0 atom stereocenters. The minimum Gasteiger partial charge on any atom is -0.478 e. The van der Waals surface area contributed by atoms with Gasteiger partial charge in [0.25, 0.3) is 0 Å². The first-order chi connectivity index (χ1) is 11.7. The Hall–Kier alpha value is -2.93. The molecule has 122 valence electrons. The van der Waals surface area contributed by atoms with Crippen LogP contribution in [0, 0.1) is 0 Å². The summed E-state index contributed by atoms with van der Waals surface area (Å²) < 4.78 is 5.96. The van der Waals surface area contributed by atoms with Crippen molar-refractivity contribution in [1.29, 1.82) is 0 Å². The lowest BCUT2D eigenvalue weighted by molar-refractivity contribution is 0.0699. The van der Waals surface area contributed by atoms with Crippen LogP contribution < -0.4 is 10.1 Å². The number of rotatable bonds is 3. The fourth-order valence-corrected chi connectivity index (χ4v) is 2.97. The van der Waals surface area contributed by atoms with Crippen molar-refractivity contribution in [3.63, 3.8) is 0 Å². The zero-order valence-corrected chi connectivity index (χ0v) is 12.9. The number of H-pyrrole nitrogens is 1. The second-order valence-electron chi connectivity index (χ2n) is 5.70. The van der Waals surface area contributed by atoms with E-state index in [0.717, 1.165) is 36.2 Å². The molecule has 3 N–H and O–H groups in total. The molecule has 0 saturated heterocycles. The number of aromatic amines is 1. The lowest BCUT2D eigenvalue weighted by Gasteiger charge is -2.11. The van der Waals surface area contributed by atoms with Crippen LogP contribution >= 0.6 is 0 Å². The summed E-state index contributed by atoms with van der Waals surface area (Å²) in [6, 6.07) is 5.32. The number of carboxylic acids is 1. The van der Waals surface area contributed by atoms with E-state index in [0.29, 0.717) is 23.6 Å². The third-order valence-electron chi connectivity index (χ3n) is 4.17. The van der Waals surface area contributed by atoms with Gasteiger partial charge in [-0.15, -0.1) is 0 Å². The molecule has 0 aliphatic carbocycles. The van der Waals surface area contributed by atoms with Crippen LogP contribution in [0.1, 0.15) is 28.0 Å². The van der Waals surface area contributed by atoms with Crippen LogP contribution in [0.25, 0.3) is 10.9 Å². The van der Waals surface area contributed by atoms with Gasteiger partial charge in [0.15, 0.2) is 0 Å². The number of hydrogen-bond donors (Lipinski definition) is 3. The Balaban J connectivity index is 1.72. The highest BCUT2D eigenvalue weighted by atomic mass is 16.5. The van der Waals surface area contributed by atoms with Gasteiger partial charge in [0.1, 0.15) is 12.1 Å². The molecule has 3 heterocycles. The molecule has 24 heavy (non-hydrogen) atoms. The van der Waals surface area contributed by atoms with E-state index in [-0.39, 0.29) is 5.56 Å².